The Morgan fingerprint density at radius 2 is 2.14 bits per heavy atom. The number of aliphatic hydroxyl groups excluding tert-OH is 1. The lowest BCUT2D eigenvalue weighted by Crippen LogP contribution is -2.10. The van der Waals surface area contributed by atoms with Crippen LogP contribution in [-0.2, 0) is 3.79 Å². The second-order valence-corrected chi connectivity index (χ2v) is 4.07. The molecule has 0 spiro atoms. The fourth-order valence-corrected chi connectivity index (χ4v) is 0.865. The highest BCUT2D eigenvalue weighted by molar-refractivity contribution is 6.48. The topological polar surface area (TPSA) is 29.5 Å². The van der Waals surface area contributed by atoms with Gasteiger partial charge in [0.1, 0.15) is 14.5 Å². The van der Waals surface area contributed by atoms with E-state index in [9.17, 15) is 0 Å². The van der Waals surface area contributed by atoms with Crippen LogP contribution < -0.4 is 0 Å². The molecular formula is C4H11AlO2-. The van der Waals surface area contributed by atoms with Gasteiger partial charge in [0.25, 0.3) is 0 Å². The van der Waals surface area contributed by atoms with Gasteiger partial charge in [-0.2, -0.15) is 0 Å². The number of rotatable bonds is 3. The van der Waals surface area contributed by atoms with Crippen LogP contribution in [0.25, 0.3) is 0 Å². The zero-order valence-corrected chi connectivity index (χ0v) is 6.00. The van der Waals surface area contributed by atoms with E-state index in [0.717, 1.165) is 0 Å². The fourth-order valence-electron chi connectivity index (χ4n) is 0.288. The van der Waals surface area contributed by atoms with Crippen LogP contribution in [0.3, 0.4) is 0 Å². The Bertz CT molecular complexity index is 38.7. The van der Waals surface area contributed by atoms with Crippen molar-refractivity contribution in [1.29, 1.82) is 0 Å². The number of hydrogen-bond donors (Lipinski definition) is 1. The van der Waals surface area contributed by atoms with Gasteiger partial charge in [0, 0.05) is 6.61 Å². The molecule has 0 atom stereocenters. The number of hydrogen-bond acceptors (Lipinski definition) is 2. The lowest BCUT2D eigenvalue weighted by Gasteiger charge is -2.14. The van der Waals surface area contributed by atoms with Crippen molar-refractivity contribution >= 4 is 14.5 Å². The minimum absolute atomic E-state index is 0.158. The molecule has 0 saturated heterocycles. The fraction of sp³-hybridized carbons (Fsp3) is 1.00. The van der Waals surface area contributed by atoms with E-state index in [2.05, 4.69) is 11.6 Å². The van der Waals surface area contributed by atoms with E-state index in [1.165, 1.54) is 0 Å². The third-order valence-electron chi connectivity index (χ3n) is 0.542. The van der Waals surface area contributed by atoms with Crippen LogP contribution >= 0.6 is 0 Å². The van der Waals surface area contributed by atoms with Crippen molar-refractivity contribution in [2.75, 3.05) is 13.2 Å². The van der Waals surface area contributed by atoms with E-state index < -0.39 is 14.5 Å². The van der Waals surface area contributed by atoms with Crippen molar-refractivity contribution < 1.29 is 8.90 Å². The Labute approximate surface area is 48.8 Å². The van der Waals surface area contributed by atoms with Gasteiger partial charge < -0.3 is 8.90 Å². The first-order valence-corrected chi connectivity index (χ1v) is 5.28. The van der Waals surface area contributed by atoms with E-state index in [-0.39, 0.29) is 6.61 Å². The first-order valence-electron chi connectivity index (χ1n) is 2.50. The minimum atomic E-state index is -0.848. The summed E-state index contributed by atoms with van der Waals surface area (Å²) >= 11 is -0.848. The summed E-state index contributed by atoms with van der Waals surface area (Å²) in [5, 5.41) is 8.21. The van der Waals surface area contributed by atoms with Crippen molar-refractivity contribution in [2.45, 2.75) is 11.6 Å². The molecule has 0 saturated carbocycles. The molecule has 0 aliphatic heterocycles. The summed E-state index contributed by atoms with van der Waals surface area (Å²) in [6.07, 6.45) is 0. The monoisotopic (exact) mass is 118 g/mol. The lowest BCUT2D eigenvalue weighted by atomic mass is 10.8. The average Bonchev–Trinajstić information content (AvgIpc) is 1.61. The Hall–Kier alpha value is 0.452. The van der Waals surface area contributed by atoms with Gasteiger partial charge in [-0.25, -0.2) is 11.6 Å². The second kappa shape index (κ2) is 4.61. The molecule has 43 valence electrons. The Balaban J connectivity index is 2.68. The van der Waals surface area contributed by atoms with Crippen LogP contribution in [-0.4, -0.2) is 32.8 Å². The maximum Gasteiger partial charge on any atom is 0.129 e. The van der Waals surface area contributed by atoms with Crippen molar-refractivity contribution in [3.05, 3.63) is 0 Å². The average molecular weight is 118 g/mol. The Kier molecular flexibility index (Phi) is 4.91. The molecule has 7 heavy (non-hydrogen) atoms. The largest absolute Gasteiger partial charge is 0.677 e. The molecule has 0 aromatic rings. The Morgan fingerprint density at radius 1 is 1.57 bits per heavy atom. The zero-order chi connectivity index (χ0) is 5.70. The standard InChI is InChI=1S/C2H5O2.2CH3.Al/c3-1-2-4;;;/h3H,1-2H2;2*1H3;/q-1;;;. The van der Waals surface area contributed by atoms with E-state index in [4.69, 9.17) is 8.90 Å². The summed E-state index contributed by atoms with van der Waals surface area (Å²) in [7, 11) is 0. The van der Waals surface area contributed by atoms with Gasteiger partial charge in [-0.15, -0.1) is 0 Å². The summed E-state index contributed by atoms with van der Waals surface area (Å²) in [5.41, 5.74) is 0. The van der Waals surface area contributed by atoms with Gasteiger partial charge >= 0.3 is 0 Å². The molecule has 0 rings (SSSR count). The predicted molar refractivity (Wildman–Crippen MR) is 30.5 cm³/mol. The molecule has 0 bridgehead atoms. The van der Waals surface area contributed by atoms with Gasteiger partial charge in [0.05, 0.1) is 6.61 Å². The van der Waals surface area contributed by atoms with Crippen LogP contribution in [0, 0.1) is 0 Å². The molecule has 0 aliphatic carbocycles. The summed E-state index contributed by atoms with van der Waals surface area (Å²) < 4.78 is 5.08. The maximum atomic E-state index is 8.21. The van der Waals surface area contributed by atoms with Crippen LogP contribution in [0.1, 0.15) is 0 Å². The highest BCUT2D eigenvalue weighted by atomic mass is 27.2. The van der Waals surface area contributed by atoms with Crippen molar-refractivity contribution in [3.8, 4) is 0 Å². The van der Waals surface area contributed by atoms with Gasteiger partial charge in [0.15, 0.2) is 0 Å². The summed E-state index contributed by atoms with van der Waals surface area (Å²) in [5.74, 6) is 4.16. The third kappa shape index (κ3) is 6.45. The third-order valence-corrected chi connectivity index (χ3v) is 1.44. The maximum absolute atomic E-state index is 8.21. The van der Waals surface area contributed by atoms with E-state index in [0.29, 0.717) is 6.61 Å². The summed E-state index contributed by atoms with van der Waals surface area (Å²) in [4.78, 5) is 0. The van der Waals surface area contributed by atoms with Crippen LogP contribution in [0.5, 0.6) is 0 Å². The molecule has 2 nitrogen and oxygen atoms in total. The first-order chi connectivity index (χ1) is 3.27. The van der Waals surface area contributed by atoms with Crippen molar-refractivity contribution in [3.63, 3.8) is 0 Å². The highest BCUT2D eigenvalue weighted by Crippen LogP contribution is 1.79. The van der Waals surface area contributed by atoms with Crippen LogP contribution in [0.4, 0.5) is 0 Å². The van der Waals surface area contributed by atoms with Gasteiger partial charge in [-0.1, -0.05) is 0 Å². The Morgan fingerprint density at radius 3 is 2.29 bits per heavy atom. The van der Waals surface area contributed by atoms with Crippen molar-refractivity contribution in [2.24, 2.45) is 0 Å². The zero-order valence-electron chi connectivity index (χ0n) is 4.85. The van der Waals surface area contributed by atoms with Gasteiger partial charge in [-0.05, 0) is 0 Å². The van der Waals surface area contributed by atoms with E-state index >= 15 is 0 Å². The lowest BCUT2D eigenvalue weighted by molar-refractivity contribution is 0.203. The second-order valence-electron chi connectivity index (χ2n) is 1.64. The molecule has 0 aliphatic rings. The highest BCUT2D eigenvalue weighted by Gasteiger charge is 1.80. The summed E-state index contributed by atoms with van der Waals surface area (Å²) in [6.45, 7) is 0.676. The predicted octanol–water partition coefficient (Wildman–Crippen LogP) is 0.246. The van der Waals surface area contributed by atoms with Crippen molar-refractivity contribution in [1.82, 2.24) is 0 Å². The molecule has 1 N–H and O–H groups in total. The summed E-state index contributed by atoms with van der Waals surface area (Å²) in [6, 6.07) is 0. The molecule has 0 unspecified atom stereocenters. The first kappa shape index (κ1) is 7.45. The van der Waals surface area contributed by atoms with Gasteiger partial charge in [-0.3, -0.25) is 0 Å². The SMILES string of the molecule is [CH3][Al-]([CH3])[O]CCO. The van der Waals surface area contributed by atoms with Gasteiger partial charge in [0.2, 0.25) is 0 Å². The molecule has 0 aromatic heterocycles. The smallest absolute Gasteiger partial charge is 0.129 e. The normalized spacial score (nSPS) is 10.3. The van der Waals surface area contributed by atoms with Crippen LogP contribution in [0.15, 0.2) is 0 Å². The van der Waals surface area contributed by atoms with E-state index in [1.54, 1.807) is 0 Å². The molecule has 1 radical (unpaired) electrons. The molecule has 3 heteroatoms. The molecule has 0 fully saturated rings. The minimum Gasteiger partial charge on any atom is -0.677 e. The van der Waals surface area contributed by atoms with E-state index in [1.807, 2.05) is 0 Å². The molecular weight excluding hydrogens is 107 g/mol. The number of aliphatic hydroxyl groups is 1. The molecule has 0 amide bonds. The quantitative estimate of drug-likeness (QED) is 0.538. The molecule has 0 heterocycles. The van der Waals surface area contributed by atoms with Crippen LogP contribution in [0.2, 0.25) is 11.6 Å². The molecule has 0 aromatic carbocycles.